The number of allylic oxidation sites excluding steroid dienone is 3. The SMILES string of the molecule is CC1(C)C(=O)N(C2=CC(C(F)(F)F)C(C#N)C=C2)C(=S)N1c1ccc(CCCC(=O)N2CCOCC2)nc1. The zero-order chi connectivity index (χ0) is 27.7. The minimum atomic E-state index is -4.65. The van der Waals surface area contributed by atoms with Gasteiger partial charge >= 0.3 is 6.18 Å². The number of halogens is 3. The van der Waals surface area contributed by atoms with Gasteiger partial charge in [-0.3, -0.25) is 19.5 Å². The van der Waals surface area contributed by atoms with Crippen molar-refractivity contribution in [3.63, 3.8) is 0 Å². The van der Waals surface area contributed by atoms with Crippen molar-refractivity contribution in [2.45, 2.75) is 44.8 Å². The maximum atomic E-state index is 13.6. The van der Waals surface area contributed by atoms with E-state index in [-0.39, 0.29) is 16.7 Å². The second-order valence-corrected chi connectivity index (χ2v) is 10.2. The van der Waals surface area contributed by atoms with E-state index in [1.165, 1.54) is 6.08 Å². The lowest BCUT2D eigenvalue weighted by Gasteiger charge is -2.29. The number of rotatable bonds is 6. The Morgan fingerprint density at radius 1 is 1.29 bits per heavy atom. The highest BCUT2D eigenvalue weighted by Crippen LogP contribution is 2.41. The summed E-state index contributed by atoms with van der Waals surface area (Å²) in [7, 11) is 0. The number of alkyl halides is 3. The zero-order valence-corrected chi connectivity index (χ0v) is 21.9. The summed E-state index contributed by atoms with van der Waals surface area (Å²) in [5.41, 5.74) is 0.0907. The molecule has 0 saturated carbocycles. The van der Waals surface area contributed by atoms with E-state index in [9.17, 15) is 22.8 Å². The molecule has 1 aromatic heterocycles. The number of aryl methyl sites for hydroxylation is 1. The van der Waals surface area contributed by atoms with E-state index in [1.807, 2.05) is 0 Å². The van der Waals surface area contributed by atoms with Gasteiger partial charge in [-0.15, -0.1) is 0 Å². The summed E-state index contributed by atoms with van der Waals surface area (Å²) < 4.78 is 46.0. The second-order valence-electron chi connectivity index (χ2n) is 9.84. The van der Waals surface area contributed by atoms with Gasteiger partial charge in [0.15, 0.2) is 5.11 Å². The molecule has 3 heterocycles. The van der Waals surface area contributed by atoms with Gasteiger partial charge in [0, 0.05) is 30.9 Å². The van der Waals surface area contributed by atoms with Gasteiger partial charge in [-0.25, -0.2) is 0 Å². The predicted molar refractivity (Wildman–Crippen MR) is 136 cm³/mol. The van der Waals surface area contributed by atoms with Crippen molar-refractivity contribution in [2.24, 2.45) is 11.8 Å². The van der Waals surface area contributed by atoms with E-state index >= 15 is 0 Å². The number of hydrogen-bond donors (Lipinski definition) is 0. The van der Waals surface area contributed by atoms with Crippen molar-refractivity contribution in [1.29, 1.82) is 5.26 Å². The molecule has 2 aliphatic heterocycles. The van der Waals surface area contributed by atoms with Crippen LogP contribution in [-0.2, 0) is 20.7 Å². The topological polar surface area (TPSA) is 89.8 Å². The molecule has 4 rings (SSSR count). The van der Waals surface area contributed by atoms with Crippen molar-refractivity contribution in [1.82, 2.24) is 14.8 Å². The van der Waals surface area contributed by atoms with Crippen LogP contribution >= 0.6 is 12.2 Å². The van der Waals surface area contributed by atoms with Crippen LogP contribution in [-0.4, -0.2) is 69.7 Å². The average molecular weight is 548 g/mol. The number of morpholine rings is 1. The van der Waals surface area contributed by atoms with Crippen LogP contribution in [0.5, 0.6) is 0 Å². The molecule has 2 unspecified atom stereocenters. The quantitative estimate of drug-likeness (QED) is 0.501. The monoisotopic (exact) mass is 547 g/mol. The standard InChI is InChI=1S/C26H28F3N5O3S/c1-25(2)23(36)33(19-8-6-17(15-30)21(14-19)26(27,28)29)24(38)34(25)20-9-7-18(31-16-20)4-3-5-22(35)32-10-12-37-13-11-32/h6-9,14,16-17,21H,3-5,10-13H2,1-2H3. The number of pyridine rings is 1. The predicted octanol–water partition coefficient (Wildman–Crippen LogP) is 3.75. The fourth-order valence-corrected chi connectivity index (χ4v) is 5.30. The summed E-state index contributed by atoms with van der Waals surface area (Å²) in [4.78, 5) is 34.6. The lowest BCUT2D eigenvalue weighted by molar-refractivity contribution is -0.166. The summed E-state index contributed by atoms with van der Waals surface area (Å²) in [6.45, 7) is 5.60. The zero-order valence-electron chi connectivity index (χ0n) is 21.1. The van der Waals surface area contributed by atoms with E-state index in [0.29, 0.717) is 51.3 Å². The Balaban J connectivity index is 1.46. The molecule has 0 N–H and O–H groups in total. The number of ether oxygens (including phenoxy) is 1. The van der Waals surface area contributed by atoms with Crippen LogP contribution in [0.1, 0.15) is 32.4 Å². The Morgan fingerprint density at radius 3 is 2.61 bits per heavy atom. The minimum absolute atomic E-state index is 0.0149. The van der Waals surface area contributed by atoms with E-state index in [2.05, 4.69) is 4.98 Å². The molecule has 0 aromatic carbocycles. The number of carbonyl (C=O) groups excluding carboxylic acids is 2. The van der Waals surface area contributed by atoms with Gasteiger partial charge in [0.2, 0.25) is 5.91 Å². The fourth-order valence-electron chi connectivity index (χ4n) is 4.78. The third-order valence-electron chi connectivity index (χ3n) is 6.92. The molecule has 0 radical (unpaired) electrons. The van der Waals surface area contributed by atoms with Gasteiger partial charge < -0.3 is 14.5 Å². The number of amides is 2. The minimum Gasteiger partial charge on any atom is -0.378 e. The first kappa shape index (κ1) is 27.7. The number of hydrogen-bond acceptors (Lipinski definition) is 6. The molecule has 3 aliphatic rings. The van der Waals surface area contributed by atoms with E-state index < -0.39 is 29.5 Å². The number of thiocarbonyl (C=S) groups is 1. The van der Waals surface area contributed by atoms with Gasteiger partial charge in [-0.2, -0.15) is 18.4 Å². The van der Waals surface area contributed by atoms with Gasteiger partial charge in [0.05, 0.1) is 43.0 Å². The highest BCUT2D eigenvalue weighted by molar-refractivity contribution is 7.80. The molecular weight excluding hydrogens is 519 g/mol. The Hall–Kier alpha value is -3.30. The van der Waals surface area contributed by atoms with Crippen LogP contribution < -0.4 is 4.90 Å². The van der Waals surface area contributed by atoms with E-state index in [1.54, 1.807) is 48.0 Å². The summed E-state index contributed by atoms with van der Waals surface area (Å²) >= 11 is 5.57. The van der Waals surface area contributed by atoms with Gasteiger partial charge in [0.25, 0.3) is 5.91 Å². The first-order valence-electron chi connectivity index (χ1n) is 12.3. The molecule has 202 valence electrons. The molecule has 1 aliphatic carbocycles. The van der Waals surface area contributed by atoms with E-state index in [0.717, 1.165) is 22.7 Å². The second kappa shape index (κ2) is 10.8. The third-order valence-corrected chi connectivity index (χ3v) is 7.28. The summed E-state index contributed by atoms with van der Waals surface area (Å²) in [6.07, 6.45) is 1.92. The highest BCUT2D eigenvalue weighted by Gasteiger charge is 2.52. The Morgan fingerprint density at radius 2 is 2.00 bits per heavy atom. The van der Waals surface area contributed by atoms with Crippen LogP contribution in [0.4, 0.5) is 18.9 Å². The third kappa shape index (κ3) is 5.44. The molecule has 8 nitrogen and oxygen atoms in total. The van der Waals surface area contributed by atoms with Crippen LogP contribution in [0.3, 0.4) is 0 Å². The Bertz CT molecular complexity index is 1200. The van der Waals surface area contributed by atoms with Crippen LogP contribution in [0.25, 0.3) is 0 Å². The molecule has 0 spiro atoms. The lowest BCUT2D eigenvalue weighted by atomic mass is 9.87. The van der Waals surface area contributed by atoms with Gasteiger partial charge in [0.1, 0.15) is 5.54 Å². The van der Waals surface area contributed by atoms with Crippen molar-refractivity contribution in [3.05, 3.63) is 47.9 Å². The molecule has 12 heteroatoms. The molecule has 0 bridgehead atoms. The molecule has 1 aromatic rings. The normalized spacial score (nSPS) is 23.5. The Labute approximate surface area is 224 Å². The molecule has 2 saturated heterocycles. The maximum absolute atomic E-state index is 13.6. The van der Waals surface area contributed by atoms with Gasteiger partial charge in [-0.05, 0) is 63.2 Å². The van der Waals surface area contributed by atoms with Crippen molar-refractivity contribution >= 4 is 34.8 Å². The average Bonchev–Trinajstić information content (AvgIpc) is 3.07. The molecular formula is C26H28F3N5O3S. The number of anilines is 1. The number of nitriles is 1. The number of aromatic nitrogens is 1. The van der Waals surface area contributed by atoms with Crippen LogP contribution in [0.2, 0.25) is 0 Å². The van der Waals surface area contributed by atoms with Crippen molar-refractivity contribution < 1.29 is 27.5 Å². The molecule has 2 fully saturated rings. The largest absolute Gasteiger partial charge is 0.396 e. The van der Waals surface area contributed by atoms with Crippen LogP contribution in [0, 0.1) is 23.2 Å². The Kier molecular flexibility index (Phi) is 7.90. The molecule has 38 heavy (non-hydrogen) atoms. The van der Waals surface area contributed by atoms with Crippen molar-refractivity contribution in [2.75, 3.05) is 31.2 Å². The maximum Gasteiger partial charge on any atom is 0.396 e. The first-order valence-corrected chi connectivity index (χ1v) is 12.7. The molecule has 2 atom stereocenters. The van der Waals surface area contributed by atoms with E-state index in [4.69, 9.17) is 22.2 Å². The number of carbonyl (C=O) groups is 2. The number of nitrogens with zero attached hydrogens (tertiary/aromatic N) is 5. The lowest BCUT2D eigenvalue weighted by Crippen LogP contribution is -2.44. The summed E-state index contributed by atoms with van der Waals surface area (Å²) in [5.74, 6) is -3.82. The van der Waals surface area contributed by atoms with Crippen molar-refractivity contribution in [3.8, 4) is 6.07 Å². The fraction of sp³-hybridized carbons (Fsp3) is 0.500. The summed E-state index contributed by atoms with van der Waals surface area (Å²) in [6, 6.07) is 5.20. The summed E-state index contributed by atoms with van der Waals surface area (Å²) in [5, 5.41) is 9.17. The van der Waals surface area contributed by atoms with Crippen LogP contribution in [0.15, 0.2) is 42.3 Å². The highest BCUT2D eigenvalue weighted by atomic mass is 32.1. The molecule has 2 amide bonds. The van der Waals surface area contributed by atoms with Gasteiger partial charge in [-0.1, -0.05) is 6.08 Å². The first-order chi connectivity index (χ1) is 17.9. The smallest absolute Gasteiger partial charge is 0.378 e.